The molecular formula is C53H33N5. The Morgan fingerprint density at radius 2 is 1.09 bits per heavy atom. The van der Waals surface area contributed by atoms with E-state index in [0.717, 1.165) is 39.9 Å². The highest BCUT2D eigenvalue weighted by Gasteiger charge is 2.38. The Hall–Kier alpha value is -7.63. The fourth-order valence-corrected chi connectivity index (χ4v) is 9.91. The van der Waals surface area contributed by atoms with Crippen LogP contribution in [-0.4, -0.2) is 19.5 Å². The molecule has 0 saturated heterocycles. The summed E-state index contributed by atoms with van der Waals surface area (Å²) in [7, 11) is 0. The quantitative estimate of drug-likeness (QED) is 0.159. The summed E-state index contributed by atoms with van der Waals surface area (Å²) in [6.07, 6.45) is 8.10. The summed E-state index contributed by atoms with van der Waals surface area (Å²) in [6, 6.07) is 58.3. The molecule has 5 heteroatoms. The van der Waals surface area contributed by atoms with Gasteiger partial charge in [0.15, 0.2) is 17.5 Å². The monoisotopic (exact) mass is 739 g/mol. The van der Waals surface area contributed by atoms with Gasteiger partial charge in [-0.1, -0.05) is 140 Å². The molecule has 2 aliphatic carbocycles. The summed E-state index contributed by atoms with van der Waals surface area (Å²) in [6.45, 7) is 0. The third-order valence-electron chi connectivity index (χ3n) is 12.4. The molecule has 3 heterocycles. The van der Waals surface area contributed by atoms with Crippen LogP contribution in [0.3, 0.4) is 0 Å². The van der Waals surface area contributed by atoms with Crippen molar-refractivity contribution < 1.29 is 0 Å². The standard InChI is InChI=1S/C53H33N5/c1-4-12-34(13-5-1)51-54-52(35-14-6-2-7-15-35)56-53(55-51)38-18-10-16-36(30-38)37-17-11-21-40(31-37)58-43-28-24-32-22-26-41-47-45(32)49(43)50-44(58)29-25-33-23-27-42(48(47)46(33)50)57(41)39-19-8-3-9-20-39/h1-24,26-31,41H,25H2. The molecule has 0 amide bonds. The Morgan fingerprint density at radius 1 is 0.466 bits per heavy atom. The van der Waals surface area contributed by atoms with Gasteiger partial charge in [-0.15, -0.1) is 0 Å². The lowest BCUT2D eigenvalue weighted by molar-refractivity contribution is 0.896. The van der Waals surface area contributed by atoms with Crippen LogP contribution in [-0.2, 0) is 6.42 Å². The molecule has 0 fully saturated rings. The second-order valence-corrected chi connectivity index (χ2v) is 15.5. The first-order chi connectivity index (χ1) is 28.8. The summed E-state index contributed by atoms with van der Waals surface area (Å²) in [5, 5.41) is 8.26. The van der Waals surface area contributed by atoms with Crippen molar-refractivity contribution in [1.82, 2.24) is 19.5 Å². The SMILES string of the molecule is C1=CC2c3c4c(ccc5c4c4c(n(-c6cccc(-c7cccc(-c8nc(-c9ccccc9)nc(-c9ccccc9)n8)c7)c6)c6ccc1c3c46)=CC5)N2c1ccccc1. The predicted octanol–water partition coefficient (Wildman–Crippen LogP) is 12.1. The fraction of sp³-hybridized carbons (Fsp3) is 0.0377. The topological polar surface area (TPSA) is 46.8 Å². The Bertz CT molecular complexity index is 3360. The normalized spacial score (nSPS) is 14.7. The lowest BCUT2D eigenvalue weighted by atomic mass is 9.83. The third-order valence-corrected chi connectivity index (χ3v) is 12.4. The fourth-order valence-electron chi connectivity index (χ4n) is 9.91. The molecule has 5 nitrogen and oxygen atoms in total. The molecule has 58 heavy (non-hydrogen) atoms. The zero-order valence-electron chi connectivity index (χ0n) is 31.3. The van der Waals surface area contributed by atoms with E-state index in [-0.39, 0.29) is 6.04 Å². The van der Waals surface area contributed by atoms with Crippen LogP contribution < -0.4 is 10.2 Å². The largest absolute Gasteiger partial charge is 0.330 e. The van der Waals surface area contributed by atoms with Crippen LogP contribution >= 0.6 is 0 Å². The molecular weight excluding hydrogens is 707 g/mol. The van der Waals surface area contributed by atoms with Gasteiger partial charge in [-0.05, 0) is 87.5 Å². The van der Waals surface area contributed by atoms with E-state index in [9.17, 15) is 0 Å². The van der Waals surface area contributed by atoms with Crippen molar-refractivity contribution in [2.24, 2.45) is 0 Å². The second-order valence-electron chi connectivity index (χ2n) is 15.5. The predicted molar refractivity (Wildman–Crippen MR) is 237 cm³/mol. The molecule has 1 atom stereocenters. The van der Waals surface area contributed by atoms with Crippen molar-refractivity contribution >= 4 is 56.0 Å². The van der Waals surface area contributed by atoms with Crippen LogP contribution in [0, 0.1) is 0 Å². The van der Waals surface area contributed by atoms with E-state index in [1.807, 2.05) is 60.7 Å². The van der Waals surface area contributed by atoms with Crippen LogP contribution in [0.15, 0.2) is 170 Å². The third kappa shape index (κ3) is 4.44. The molecule has 0 N–H and O–H groups in total. The van der Waals surface area contributed by atoms with Gasteiger partial charge >= 0.3 is 0 Å². The van der Waals surface area contributed by atoms with E-state index in [2.05, 4.69) is 131 Å². The summed E-state index contributed by atoms with van der Waals surface area (Å²) >= 11 is 0. The molecule has 0 saturated carbocycles. The zero-order valence-corrected chi connectivity index (χ0v) is 31.3. The van der Waals surface area contributed by atoms with Gasteiger partial charge in [0.1, 0.15) is 0 Å². The number of rotatable bonds is 6. The number of benzene rings is 8. The van der Waals surface area contributed by atoms with Crippen LogP contribution in [0.4, 0.5) is 11.4 Å². The smallest absolute Gasteiger partial charge is 0.164 e. The number of hydrogen-bond acceptors (Lipinski definition) is 4. The Balaban J connectivity index is 0.980. The first kappa shape index (κ1) is 31.6. The van der Waals surface area contributed by atoms with Gasteiger partial charge < -0.3 is 9.47 Å². The number of nitrogens with zero attached hydrogens (tertiary/aromatic N) is 5. The summed E-state index contributed by atoms with van der Waals surface area (Å²) in [4.78, 5) is 17.5. The minimum Gasteiger partial charge on any atom is -0.330 e. The van der Waals surface area contributed by atoms with Crippen molar-refractivity contribution in [2.75, 3.05) is 4.90 Å². The maximum atomic E-state index is 5.02. The van der Waals surface area contributed by atoms with Crippen LogP contribution in [0.1, 0.15) is 22.7 Å². The maximum Gasteiger partial charge on any atom is 0.164 e. The highest BCUT2D eigenvalue weighted by atomic mass is 15.2. The minimum absolute atomic E-state index is 0.153. The molecule has 0 spiro atoms. The summed E-state index contributed by atoms with van der Waals surface area (Å²) in [5.41, 5.74) is 14.2. The van der Waals surface area contributed by atoms with E-state index in [4.69, 9.17) is 15.0 Å². The molecule has 10 aromatic rings. The lowest BCUT2D eigenvalue weighted by Crippen LogP contribution is -2.18. The number of hydrogen-bond donors (Lipinski definition) is 0. The number of para-hydroxylation sites is 1. The van der Waals surface area contributed by atoms with E-state index in [1.165, 1.54) is 65.9 Å². The van der Waals surface area contributed by atoms with Gasteiger partial charge in [-0.3, -0.25) is 0 Å². The van der Waals surface area contributed by atoms with Crippen molar-refractivity contribution in [3.63, 3.8) is 0 Å². The first-order valence-electron chi connectivity index (χ1n) is 20.0. The molecule has 0 radical (unpaired) electrons. The van der Waals surface area contributed by atoms with Gasteiger partial charge in [-0.2, -0.15) is 0 Å². The summed E-state index contributed by atoms with van der Waals surface area (Å²) < 4.78 is 2.51. The van der Waals surface area contributed by atoms with Crippen molar-refractivity contribution in [1.29, 1.82) is 0 Å². The molecule has 1 aliphatic heterocycles. The van der Waals surface area contributed by atoms with Crippen molar-refractivity contribution in [3.05, 3.63) is 192 Å². The van der Waals surface area contributed by atoms with E-state index >= 15 is 0 Å². The molecule has 3 aliphatic rings. The molecule has 13 rings (SSSR count). The van der Waals surface area contributed by atoms with Gasteiger partial charge in [0.05, 0.1) is 22.6 Å². The van der Waals surface area contributed by atoms with Gasteiger partial charge in [0, 0.05) is 44.2 Å². The zero-order chi connectivity index (χ0) is 37.9. The van der Waals surface area contributed by atoms with E-state index in [1.54, 1.807) is 0 Å². The average Bonchev–Trinajstić information content (AvgIpc) is 3.84. The average molecular weight is 740 g/mol. The van der Waals surface area contributed by atoms with E-state index in [0.29, 0.717) is 17.5 Å². The van der Waals surface area contributed by atoms with Gasteiger partial charge in [0.2, 0.25) is 0 Å². The second kappa shape index (κ2) is 11.9. The minimum atomic E-state index is 0.153. The van der Waals surface area contributed by atoms with Crippen LogP contribution in [0.5, 0.6) is 0 Å². The number of anilines is 2. The first-order valence-corrected chi connectivity index (χ1v) is 20.0. The lowest BCUT2D eigenvalue weighted by Gasteiger charge is -2.28. The molecule has 1 unspecified atom stereocenters. The molecule has 2 aromatic heterocycles. The van der Waals surface area contributed by atoms with Crippen molar-refractivity contribution in [2.45, 2.75) is 12.5 Å². The van der Waals surface area contributed by atoms with Crippen LogP contribution in [0.2, 0.25) is 0 Å². The van der Waals surface area contributed by atoms with E-state index < -0.39 is 0 Å². The maximum absolute atomic E-state index is 5.02. The summed E-state index contributed by atoms with van der Waals surface area (Å²) in [5.74, 6) is 1.96. The van der Waals surface area contributed by atoms with Crippen molar-refractivity contribution in [3.8, 4) is 51.0 Å². The highest BCUT2D eigenvalue weighted by molar-refractivity contribution is 6.30. The van der Waals surface area contributed by atoms with Crippen LogP contribution in [0.25, 0.3) is 95.6 Å². The van der Waals surface area contributed by atoms with Gasteiger partial charge in [0.25, 0.3) is 0 Å². The molecule has 0 bridgehead atoms. The highest BCUT2D eigenvalue weighted by Crippen LogP contribution is 2.56. The molecule has 270 valence electrons. The Kier molecular flexibility index (Phi) is 6.50. The van der Waals surface area contributed by atoms with Gasteiger partial charge in [-0.25, -0.2) is 15.0 Å². The Morgan fingerprint density at radius 3 is 1.83 bits per heavy atom. The number of aromatic nitrogens is 4. The Labute approximate surface area is 334 Å². The molecule has 8 aromatic carbocycles.